The molecule has 0 atom stereocenters. The topological polar surface area (TPSA) is 55.4 Å². The summed E-state index contributed by atoms with van der Waals surface area (Å²) < 4.78 is 17.5. The van der Waals surface area contributed by atoms with Crippen molar-refractivity contribution in [1.29, 1.82) is 0 Å². The van der Waals surface area contributed by atoms with Gasteiger partial charge in [-0.05, 0) is 25.1 Å². The fourth-order valence-corrected chi connectivity index (χ4v) is 1.47. The number of carbonyl (C=O) groups excluding carboxylic acids is 2. The number of carbonyl (C=O) groups is 2. The van der Waals surface area contributed by atoms with Crippen LogP contribution in [0.4, 0.5) is 10.1 Å². The minimum atomic E-state index is -0.482. The van der Waals surface area contributed by atoms with Gasteiger partial charge in [0.05, 0.1) is 23.7 Å². The number of hydrogen-bond donors (Lipinski definition) is 1. The van der Waals surface area contributed by atoms with E-state index in [9.17, 15) is 14.0 Å². The molecule has 0 unspecified atom stereocenters. The van der Waals surface area contributed by atoms with E-state index in [-0.39, 0.29) is 30.4 Å². The molecule has 0 aliphatic carbocycles. The molecule has 1 N–H and O–H groups in total. The zero-order chi connectivity index (χ0) is 13.5. The second-order valence-corrected chi connectivity index (χ2v) is 3.88. The monoisotopic (exact) mass is 273 g/mol. The summed E-state index contributed by atoms with van der Waals surface area (Å²) in [5, 5.41) is 2.60. The van der Waals surface area contributed by atoms with Crippen LogP contribution in [0.1, 0.15) is 19.8 Å². The highest BCUT2D eigenvalue weighted by atomic mass is 35.5. The van der Waals surface area contributed by atoms with Crippen LogP contribution in [0.5, 0.6) is 0 Å². The Hall–Kier alpha value is -1.62. The van der Waals surface area contributed by atoms with Crippen LogP contribution in [0.25, 0.3) is 0 Å². The van der Waals surface area contributed by atoms with Gasteiger partial charge in [-0.1, -0.05) is 11.6 Å². The Morgan fingerprint density at radius 3 is 2.72 bits per heavy atom. The van der Waals surface area contributed by atoms with Crippen LogP contribution in [-0.4, -0.2) is 18.5 Å². The Bertz CT molecular complexity index is 451. The molecule has 18 heavy (non-hydrogen) atoms. The van der Waals surface area contributed by atoms with Crippen molar-refractivity contribution in [2.24, 2.45) is 0 Å². The Morgan fingerprint density at radius 1 is 1.39 bits per heavy atom. The number of esters is 1. The third kappa shape index (κ3) is 4.71. The molecule has 98 valence electrons. The van der Waals surface area contributed by atoms with Gasteiger partial charge in [-0.25, -0.2) is 4.39 Å². The molecule has 0 aromatic heterocycles. The second-order valence-electron chi connectivity index (χ2n) is 3.48. The fourth-order valence-electron chi connectivity index (χ4n) is 1.25. The van der Waals surface area contributed by atoms with E-state index in [1.165, 1.54) is 12.1 Å². The predicted molar refractivity (Wildman–Crippen MR) is 65.9 cm³/mol. The van der Waals surface area contributed by atoms with Crippen molar-refractivity contribution in [3.63, 3.8) is 0 Å². The molecule has 1 rings (SSSR count). The van der Waals surface area contributed by atoms with E-state index in [1.54, 1.807) is 6.92 Å². The lowest BCUT2D eigenvalue weighted by Gasteiger charge is -2.07. The van der Waals surface area contributed by atoms with Gasteiger partial charge in [0.15, 0.2) is 0 Å². The van der Waals surface area contributed by atoms with E-state index in [0.29, 0.717) is 5.69 Å². The van der Waals surface area contributed by atoms with Crippen molar-refractivity contribution in [2.75, 3.05) is 11.9 Å². The summed E-state index contributed by atoms with van der Waals surface area (Å²) in [6.45, 7) is 1.97. The van der Waals surface area contributed by atoms with Crippen molar-refractivity contribution >= 4 is 29.2 Å². The highest BCUT2D eigenvalue weighted by Crippen LogP contribution is 2.22. The third-order valence-corrected chi connectivity index (χ3v) is 2.38. The average Bonchev–Trinajstić information content (AvgIpc) is 2.31. The average molecular weight is 274 g/mol. The van der Waals surface area contributed by atoms with Crippen LogP contribution in [0.2, 0.25) is 5.02 Å². The van der Waals surface area contributed by atoms with Gasteiger partial charge in [0.25, 0.3) is 0 Å². The van der Waals surface area contributed by atoms with Gasteiger partial charge in [-0.2, -0.15) is 0 Å². The number of rotatable bonds is 5. The highest BCUT2D eigenvalue weighted by molar-refractivity contribution is 6.33. The molecule has 0 aliphatic heterocycles. The summed E-state index contributed by atoms with van der Waals surface area (Å²) in [6.07, 6.45) is -0.00890. The molecular weight excluding hydrogens is 261 g/mol. The number of nitrogens with one attached hydrogen (secondary N) is 1. The highest BCUT2D eigenvalue weighted by Gasteiger charge is 2.09. The first kappa shape index (κ1) is 14.4. The number of hydrogen-bond acceptors (Lipinski definition) is 3. The SMILES string of the molecule is CCOC(=O)CCC(=O)Nc1ccc(F)cc1Cl. The lowest BCUT2D eigenvalue weighted by molar-refractivity contribution is -0.144. The summed E-state index contributed by atoms with van der Waals surface area (Å²) in [6, 6.07) is 3.65. The zero-order valence-corrected chi connectivity index (χ0v) is 10.6. The number of benzene rings is 1. The van der Waals surface area contributed by atoms with Crippen LogP contribution in [0.3, 0.4) is 0 Å². The molecule has 6 heteroatoms. The molecule has 1 aromatic rings. The van der Waals surface area contributed by atoms with Crippen molar-refractivity contribution in [1.82, 2.24) is 0 Å². The predicted octanol–water partition coefficient (Wildman–Crippen LogP) is 2.76. The quantitative estimate of drug-likeness (QED) is 0.839. The summed E-state index contributed by atoms with van der Waals surface area (Å²) >= 11 is 5.74. The molecule has 1 amide bonds. The maximum atomic E-state index is 12.8. The number of halogens is 2. The van der Waals surface area contributed by atoms with E-state index in [0.717, 1.165) is 6.07 Å². The lowest BCUT2D eigenvalue weighted by Crippen LogP contribution is -2.14. The van der Waals surface area contributed by atoms with Crippen molar-refractivity contribution in [3.8, 4) is 0 Å². The third-order valence-electron chi connectivity index (χ3n) is 2.07. The first-order chi connectivity index (χ1) is 8.52. The van der Waals surface area contributed by atoms with E-state index in [1.807, 2.05) is 0 Å². The molecule has 0 aliphatic rings. The van der Waals surface area contributed by atoms with E-state index in [4.69, 9.17) is 11.6 Å². The number of anilines is 1. The minimum Gasteiger partial charge on any atom is -0.466 e. The van der Waals surface area contributed by atoms with Gasteiger partial charge >= 0.3 is 5.97 Å². The van der Waals surface area contributed by atoms with Gasteiger partial charge < -0.3 is 10.1 Å². The molecule has 1 aromatic carbocycles. The number of ether oxygens (including phenoxy) is 1. The molecule has 0 fully saturated rings. The summed E-state index contributed by atoms with van der Waals surface area (Å²) in [5.41, 5.74) is 0.312. The molecule has 0 saturated carbocycles. The van der Waals surface area contributed by atoms with Gasteiger partial charge in [-0.15, -0.1) is 0 Å². The first-order valence-corrected chi connectivity index (χ1v) is 5.81. The maximum absolute atomic E-state index is 12.8. The molecule has 0 spiro atoms. The molecule has 0 radical (unpaired) electrons. The zero-order valence-electron chi connectivity index (χ0n) is 9.83. The molecular formula is C12H13ClFNO3. The van der Waals surface area contributed by atoms with Crippen LogP contribution < -0.4 is 5.32 Å². The largest absolute Gasteiger partial charge is 0.466 e. The van der Waals surface area contributed by atoms with Crippen LogP contribution in [0.15, 0.2) is 18.2 Å². The van der Waals surface area contributed by atoms with Gasteiger partial charge in [0, 0.05) is 6.42 Å². The number of amides is 1. The van der Waals surface area contributed by atoms with E-state index < -0.39 is 11.8 Å². The Kier molecular flexibility index (Phi) is 5.58. The summed E-state index contributed by atoms with van der Waals surface area (Å²) in [5.74, 6) is -1.29. The Labute approximate surface area is 109 Å². The van der Waals surface area contributed by atoms with Crippen LogP contribution >= 0.6 is 11.6 Å². The van der Waals surface area contributed by atoms with Crippen molar-refractivity contribution in [3.05, 3.63) is 29.0 Å². The van der Waals surface area contributed by atoms with E-state index in [2.05, 4.69) is 10.1 Å². The second kappa shape index (κ2) is 6.96. The normalized spacial score (nSPS) is 9.94. The molecule has 0 bridgehead atoms. The summed E-state index contributed by atoms with van der Waals surface area (Å²) in [7, 11) is 0. The van der Waals surface area contributed by atoms with E-state index >= 15 is 0 Å². The molecule has 4 nitrogen and oxygen atoms in total. The Balaban J connectivity index is 2.47. The molecule has 0 saturated heterocycles. The van der Waals surface area contributed by atoms with Crippen LogP contribution in [0, 0.1) is 5.82 Å². The fraction of sp³-hybridized carbons (Fsp3) is 0.333. The molecule has 0 heterocycles. The van der Waals surface area contributed by atoms with Gasteiger partial charge in [0.2, 0.25) is 5.91 Å². The van der Waals surface area contributed by atoms with Crippen molar-refractivity contribution < 1.29 is 18.7 Å². The maximum Gasteiger partial charge on any atom is 0.306 e. The smallest absolute Gasteiger partial charge is 0.306 e. The van der Waals surface area contributed by atoms with Crippen molar-refractivity contribution in [2.45, 2.75) is 19.8 Å². The summed E-state index contributed by atoms with van der Waals surface area (Å²) in [4.78, 5) is 22.5. The first-order valence-electron chi connectivity index (χ1n) is 5.43. The Morgan fingerprint density at radius 2 is 2.11 bits per heavy atom. The standard InChI is InChI=1S/C12H13ClFNO3/c1-2-18-12(17)6-5-11(16)15-10-4-3-8(14)7-9(10)13/h3-4,7H,2,5-6H2,1H3,(H,15,16). The lowest BCUT2D eigenvalue weighted by atomic mass is 10.2. The minimum absolute atomic E-state index is 0.00150. The van der Waals surface area contributed by atoms with Gasteiger partial charge in [0.1, 0.15) is 5.82 Å². The van der Waals surface area contributed by atoms with Gasteiger partial charge in [-0.3, -0.25) is 9.59 Å². The van der Waals surface area contributed by atoms with Crippen LogP contribution in [-0.2, 0) is 14.3 Å².